The molecule has 0 bridgehead atoms. The Kier molecular flexibility index (Phi) is 2.76. The first kappa shape index (κ1) is 10.6. The van der Waals surface area contributed by atoms with Gasteiger partial charge in [0.25, 0.3) is 0 Å². The molecule has 0 atom stereocenters. The highest BCUT2D eigenvalue weighted by atomic mass is 32.3. The number of nitrogens with two attached hydrogens (primary N) is 1. The van der Waals surface area contributed by atoms with Crippen LogP contribution in [0, 0.1) is 0 Å². The summed E-state index contributed by atoms with van der Waals surface area (Å²) >= 11 is 0.963. The molecule has 0 spiro atoms. The molecule has 2 N–H and O–H groups in total. The molecule has 0 fully saturated rings. The van der Waals surface area contributed by atoms with Crippen molar-refractivity contribution in [3.63, 3.8) is 0 Å². The normalized spacial score (nSPS) is 13.0. The third-order valence-corrected chi connectivity index (χ3v) is 6.14. The monoisotopic (exact) mass is 241 g/mol. The smallest absolute Gasteiger partial charge is 0.223 e. The molecule has 0 aliphatic rings. The highest BCUT2D eigenvalue weighted by molar-refractivity contribution is 8.07. The summed E-state index contributed by atoms with van der Waals surface area (Å²) in [7, 11) is -7.76. The second kappa shape index (κ2) is 3.37. The van der Waals surface area contributed by atoms with Crippen molar-refractivity contribution in [2.45, 2.75) is 4.21 Å². The van der Waals surface area contributed by atoms with Crippen molar-refractivity contribution in [3.8, 4) is 0 Å². The van der Waals surface area contributed by atoms with Crippen molar-refractivity contribution in [2.24, 2.45) is 5.14 Å². The van der Waals surface area contributed by atoms with Gasteiger partial charge in [0.2, 0.25) is 19.9 Å². The molecule has 0 radical (unpaired) electrons. The summed E-state index contributed by atoms with van der Waals surface area (Å²) in [6.45, 7) is 0. The number of sulfone groups is 1. The Balaban J connectivity index is 3.06. The Bertz CT molecular complexity index is 470. The molecule has 0 amide bonds. The van der Waals surface area contributed by atoms with Gasteiger partial charge >= 0.3 is 0 Å². The van der Waals surface area contributed by atoms with Crippen LogP contribution in [0.4, 0.5) is 0 Å². The number of sulfonamides is 1. The van der Waals surface area contributed by atoms with E-state index >= 15 is 0 Å². The Morgan fingerprint density at radius 3 is 2.31 bits per heavy atom. The van der Waals surface area contributed by atoms with Gasteiger partial charge in [-0.05, 0) is 11.4 Å². The van der Waals surface area contributed by atoms with Gasteiger partial charge in [0.1, 0.15) is 4.21 Å². The fraction of sp³-hybridized carbons (Fsp3) is 0.200. The van der Waals surface area contributed by atoms with Crippen LogP contribution in [0.25, 0.3) is 0 Å². The van der Waals surface area contributed by atoms with E-state index in [-0.39, 0.29) is 4.21 Å². The molecule has 0 saturated carbocycles. The lowest BCUT2D eigenvalue weighted by Crippen LogP contribution is -2.22. The number of rotatable bonds is 3. The fourth-order valence-electron chi connectivity index (χ4n) is 0.715. The lowest BCUT2D eigenvalue weighted by atomic mass is 10.7. The van der Waals surface area contributed by atoms with E-state index in [1.54, 1.807) is 5.38 Å². The highest BCUT2D eigenvalue weighted by Gasteiger charge is 2.21. The molecule has 1 aromatic rings. The molecule has 0 saturated heterocycles. The maximum absolute atomic E-state index is 11.3. The first-order chi connectivity index (χ1) is 5.81. The number of thiophene rings is 1. The summed E-state index contributed by atoms with van der Waals surface area (Å²) in [6, 6.07) is 2.87. The summed E-state index contributed by atoms with van der Waals surface area (Å²) in [5, 5.41) is 5.14. The topological polar surface area (TPSA) is 94.3 Å². The van der Waals surface area contributed by atoms with Gasteiger partial charge in [-0.3, -0.25) is 0 Å². The lowest BCUT2D eigenvalue weighted by Gasteiger charge is -1.97. The Morgan fingerprint density at radius 1 is 1.31 bits per heavy atom. The number of hydrogen-bond donors (Lipinski definition) is 1. The van der Waals surface area contributed by atoms with Gasteiger partial charge in [-0.25, -0.2) is 22.0 Å². The van der Waals surface area contributed by atoms with Crippen molar-refractivity contribution >= 4 is 31.2 Å². The van der Waals surface area contributed by atoms with E-state index in [1.807, 2.05) is 0 Å². The van der Waals surface area contributed by atoms with Crippen LogP contribution in [0.1, 0.15) is 0 Å². The van der Waals surface area contributed by atoms with E-state index in [9.17, 15) is 16.8 Å². The third-order valence-electron chi connectivity index (χ3n) is 1.12. The molecule has 1 rings (SSSR count). The SMILES string of the molecule is NS(=O)(=O)CS(=O)(=O)c1cccs1. The maximum Gasteiger partial charge on any atom is 0.223 e. The van der Waals surface area contributed by atoms with E-state index in [4.69, 9.17) is 0 Å². The molecule has 0 aliphatic heterocycles. The molecule has 1 heterocycles. The fourth-order valence-corrected chi connectivity index (χ4v) is 4.83. The van der Waals surface area contributed by atoms with E-state index in [1.165, 1.54) is 12.1 Å². The lowest BCUT2D eigenvalue weighted by molar-refractivity contribution is 0.591. The summed E-state index contributed by atoms with van der Waals surface area (Å²) in [6.07, 6.45) is 0. The van der Waals surface area contributed by atoms with E-state index < -0.39 is 24.9 Å². The molecule has 13 heavy (non-hydrogen) atoms. The average molecular weight is 241 g/mol. The van der Waals surface area contributed by atoms with Crippen LogP contribution in [0.5, 0.6) is 0 Å². The minimum Gasteiger partial charge on any atom is -0.228 e. The van der Waals surface area contributed by atoms with Crippen LogP contribution in [0.15, 0.2) is 21.7 Å². The first-order valence-electron chi connectivity index (χ1n) is 3.08. The quantitative estimate of drug-likeness (QED) is 0.790. The molecule has 74 valence electrons. The van der Waals surface area contributed by atoms with Gasteiger partial charge in [0.15, 0.2) is 5.08 Å². The van der Waals surface area contributed by atoms with Gasteiger partial charge in [0, 0.05) is 0 Å². The predicted octanol–water partition coefficient (Wildman–Crippen LogP) is -0.232. The largest absolute Gasteiger partial charge is 0.228 e. The molecule has 0 aliphatic carbocycles. The number of hydrogen-bond acceptors (Lipinski definition) is 5. The van der Waals surface area contributed by atoms with Crippen molar-refractivity contribution in [2.75, 3.05) is 5.08 Å². The molecule has 0 unspecified atom stereocenters. The molecule has 8 heteroatoms. The number of primary sulfonamides is 1. The zero-order valence-electron chi connectivity index (χ0n) is 6.37. The van der Waals surface area contributed by atoms with Crippen LogP contribution in [0.3, 0.4) is 0 Å². The summed E-state index contributed by atoms with van der Waals surface area (Å²) in [5.41, 5.74) is 0. The zero-order chi connectivity index (χ0) is 10.1. The van der Waals surface area contributed by atoms with E-state index in [2.05, 4.69) is 5.14 Å². The van der Waals surface area contributed by atoms with Crippen molar-refractivity contribution in [3.05, 3.63) is 17.5 Å². The Morgan fingerprint density at radius 2 is 1.92 bits per heavy atom. The minimum absolute atomic E-state index is 0.0153. The van der Waals surface area contributed by atoms with Gasteiger partial charge in [-0.2, -0.15) is 0 Å². The first-order valence-corrected chi connectivity index (χ1v) is 7.33. The van der Waals surface area contributed by atoms with E-state index in [0.717, 1.165) is 11.3 Å². The molecule has 5 nitrogen and oxygen atoms in total. The average Bonchev–Trinajstić information content (AvgIpc) is 2.29. The predicted molar refractivity (Wildman–Crippen MR) is 49.5 cm³/mol. The van der Waals surface area contributed by atoms with Crippen molar-refractivity contribution < 1.29 is 16.8 Å². The second-order valence-electron chi connectivity index (χ2n) is 2.33. The summed E-state index contributed by atoms with van der Waals surface area (Å²) in [4.78, 5) is 0. The molecule has 1 aromatic heterocycles. The summed E-state index contributed by atoms with van der Waals surface area (Å²) in [5.74, 6) is 0. The van der Waals surface area contributed by atoms with Crippen LogP contribution >= 0.6 is 11.3 Å². The van der Waals surface area contributed by atoms with Crippen LogP contribution in [0.2, 0.25) is 0 Å². The standard InChI is InChI=1S/C5H7NO4S3/c6-13(9,10)4-12(7,8)5-2-1-3-11-5/h1-3H,4H2,(H2,6,9,10). The molecular formula is C5H7NO4S3. The van der Waals surface area contributed by atoms with Crippen molar-refractivity contribution in [1.29, 1.82) is 0 Å². The van der Waals surface area contributed by atoms with Crippen molar-refractivity contribution in [1.82, 2.24) is 0 Å². The van der Waals surface area contributed by atoms with E-state index in [0.29, 0.717) is 0 Å². The Labute approximate surface area is 80.2 Å². The summed E-state index contributed by atoms with van der Waals surface area (Å²) < 4.78 is 43.6. The van der Waals surface area contributed by atoms with Crippen LogP contribution in [-0.4, -0.2) is 21.9 Å². The third kappa shape index (κ3) is 3.07. The van der Waals surface area contributed by atoms with Gasteiger partial charge < -0.3 is 0 Å². The van der Waals surface area contributed by atoms with Crippen LogP contribution < -0.4 is 5.14 Å². The van der Waals surface area contributed by atoms with Gasteiger partial charge in [-0.15, -0.1) is 11.3 Å². The minimum atomic E-state index is -3.99. The van der Waals surface area contributed by atoms with Gasteiger partial charge in [-0.1, -0.05) is 6.07 Å². The Hall–Kier alpha value is -0.440. The highest BCUT2D eigenvalue weighted by Crippen LogP contribution is 2.17. The molecular weight excluding hydrogens is 234 g/mol. The van der Waals surface area contributed by atoms with Crippen LogP contribution in [-0.2, 0) is 19.9 Å². The molecule has 0 aromatic carbocycles. The maximum atomic E-state index is 11.3. The second-order valence-corrected chi connectivity index (χ2v) is 7.47. The van der Waals surface area contributed by atoms with Gasteiger partial charge in [0.05, 0.1) is 0 Å². The zero-order valence-corrected chi connectivity index (χ0v) is 8.82.